The zero-order valence-corrected chi connectivity index (χ0v) is 39.8. The fraction of sp³-hybridized carbons (Fsp3) is 0.830. The molecular formula is C53H97N2O4+. The van der Waals surface area contributed by atoms with Crippen LogP contribution in [0.15, 0.2) is 24.3 Å². The number of nitrogens with one attached hydrogen (secondary N) is 1. The van der Waals surface area contributed by atoms with Crippen LogP contribution in [0.4, 0.5) is 0 Å². The summed E-state index contributed by atoms with van der Waals surface area (Å²) in [6.07, 6.45) is 43.5. The normalized spacial score (nSPS) is 12.2. The van der Waals surface area contributed by atoms with Gasteiger partial charge < -0.3 is 14.5 Å². The molecule has 0 bridgehead atoms. The van der Waals surface area contributed by atoms with E-state index in [1.165, 1.54) is 173 Å². The van der Waals surface area contributed by atoms with Gasteiger partial charge in [0.05, 0.1) is 27.2 Å². The highest BCUT2D eigenvalue weighted by Gasteiger charge is 2.22. The van der Waals surface area contributed by atoms with Crippen LogP contribution in [0.3, 0.4) is 0 Å². The number of ketones is 2. The molecule has 1 N–H and O–H groups in total. The smallest absolute Gasteiger partial charge is 0.251 e. The van der Waals surface area contributed by atoms with Crippen LogP contribution in [0.1, 0.15) is 255 Å². The number of ether oxygens (including phenoxy) is 1. The summed E-state index contributed by atoms with van der Waals surface area (Å²) >= 11 is 0. The van der Waals surface area contributed by atoms with E-state index < -0.39 is 6.04 Å². The lowest BCUT2D eigenvalue weighted by Crippen LogP contribution is -2.41. The highest BCUT2D eigenvalue weighted by molar-refractivity contribution is 5.98. The summed E-state index contributed by atoms with van der Waals surface area (Å²) in [7, 11) is 6.39. The van der Waals surface area contributed by atoms with E-state index in [4.69, 9.17) is 4.74 Å². The van der Waals surface area contributed by atoms with Gasteiger partial charge in [-0.2, -0.15) is 0 Å². The van der Waals surface area contributed by atoms with Gasteiger partial charge in [0.1, 0.15) is 24.7 Å². The molecule has 342 valence electrons. The van der Waals surface area contributed by atoms with Crippen LogP contribution in [-0.2, 0) is 9.59 Å². The summed E-state index contributed by atoms with van der Waals surface area (Å²) in [5, 5.41) is 3.02. The molecule has 0 spiro atoms. The van der Waals surface area contributed by atoms with E-state index >= 15 is 0 Å². The molecule has 0 radical (unpaired) electrons. The van der Waals surface area contributed by atoms with Gasteiger partial charge in [-0.3, -0.25) is 14.4 Å². The Hall–Kier alpha value is -2.21. The zero-order chi connectivity index (χ0) is 43.1. The van der Waals surface area contributed by atoms with Gasteiger partial charge >= 0.3 is 0 Å². The van der Waals surface area contributed by atoms with Gasteiger partial charge in [0.2, 0.25) is 0 Å². The van der Waals surface area contributed by atoms with Gasteiger partial charge in [0, 0.05) is 24.8 Å². The molecular weight excluding hydrogens is 729 g/mol. The Bertz CT molecular complexity index is 1130. The molecule has 1 atom stereocenters. The molecule has 0 fully saturated rings. The minimum Gasteiger partial charge on any atom is -0.488 e. The van der Waals surface area contributed by atoms with E-state index in [0.717, 1.165) is 48.9 Å². The molecule has 0 heterocycles. The topological polar surface area (TPSA) is 72.5 Å². The molecule has 6 nitrogen and oxygen atoms in total. The van der Waals surface area contributed by atoms with Gasteiger partial charge in [-0.1, -0.05) is 206 Å². The zero-order valence-electron chi connectivity index (χ0n) is 39.8. The van der Waals surface area contributed by atoms with Gasteiger partial charge in [-0.05, 0) is 43.5 Å². The minimum atomic E-state index is -0.630. The molecule has 0 aromatic heterocycles. The van der Waals surface area contributed by atoms with Crippen LogP contribution in [0.2, 0.25) is 0 Å². The molecule has 0 saturated carbocycles. The second-order valence-corrected chi connectivity index (χ2v) is 19.1. The van der Waals surface area contributed by atoms with E-state index in [1.807, 2.05) is 12.1 Å². The molecule has 6 heteroatoms. The van der Waals surface area contributed by atoms with Gasteiger partial charge in [0.15, 0.2) is 5.78 Å². The molecule has 0 aliphatic rings. The maximum Gasteiger partial charge on any atom is 0.251 e. The van der Waals surface area contributed by atoms with Crippen molar-refractivity contribution in [2.75, 3.05) is 34.3 Å². The number of hydrogen-bond donors (Lipinski definition) is 1. The number of carbonyl (C=O) groups is 3. The Morgan fingerprint density at radius 1 is 0.492 bits per heavy atom. The lowest BCUT2D eigenvalue weighted by atomic mass is 9.97. The van der Waals surface area contributed by atoms with Crippen LogP contribution < -0.4 is 10.1 Å². The third kappa shape index (κ3) is 35.1. The molecule has 59 heavy (non-hydrogen) atoms. The summed E-state index contributed by atoms with van der Waals surface area (Å²) < 4.78 is 6.70. The average molecular weight is 826 g/mol. The molecule has 1 aromatic carbocycles. The first-order chi connectivity index (χ1) is 28.7. The van der Waals surface area contributed by atoms with E-state index in [2.05, 4.69) is 40.3 Å². The number of hydrogen-bond acceptors (Lipinski definition) is 4. The number of nitrogens with zero attached hydrogens (tertiary/aromatic N) is 1. The van der Waals surface area contributed by atoms with Crippen LogP contribution >= 0.6 is 0 Å². The summed E-state index contributed by atoms with van der Waals surface area (Å²) in [6, 6.07) is 6.53. The Balaban J connectivity index is 2.38. The van der Waals surface area contributed by atoms with Gasteiger partial charge in [-0.25, -0.2) is 0 Å². The number of benzene rings is 1. The van der Waals surface area contributed by atoms with Crippen molar-refractivity contribution in [3.05, 3.63) is 29.8 Å². The Morgan fingerprint density at radius 2 is 0.847 bits per heavy atom. The van der Waals surface area contributed by atoms with E-state index in [0.29, 0.717) is 37.9 Å². The highest BCUT2D eigenvalue weighted by Crippen LogP contribution is 2.18. The summed E-state index contributed by atoms with van der Waals surface area (Å²) in [5.41, 5.74) is 0.503. The second-order valence-electron chi connectivity index (χ2n) is 19.1. The Labute approximate surface area is 366 Å². The molecule has 1 rings (SSSR count). The minimum absolute atomic E-state index is 0.0548. The van der Waals surface area contributed by atoms with E-state index in [-0.39, 0.29) is 17.5 Å². The van der Waals surface area contributed by atoms with Gasteiger partial charge in [0.25, 0.3) is 5.91 Å². The van der Waals surface area contributed by atoms with Gasteiger partial charge in [-0.15, -0.1) is 0 Å². The van der Waals surface area contributed by atoms with E-state index in [1.54, 1.807) is 12.1 Å². The Morgan fingerprint density at radius 3 is 1.22 bits per heavy atom. The van der Waals surface area contributed by atoms with Crippen molar-refractivity contribution >= 4 is 17.5 Å². The summed E-state index contributed by atoms with van der Waals surface area (Å²) in [5.74, 6) is 0.726. The summed E-state index contributed by atoms with van der Waals surface area (Å²) in [4.78, 5) is 39.8. The molecule has 1 unspecified atom stereocenters. The van der Waals surface area contributed by atoms with Crippen molar-refractivity contribution in [2.45, 2.75) is 251 Å². The Kier molecular flexibility index (Phi) is 35.9. The number of unbranched alkanes of at least 4 members (excludes halogenated alkanes) is 30. The van der Waals surface area contributed by atoms with Crippen LogP contribution in [0.25, 0.3) is 0 Å². The monoisotopic (exact) mass is 826 g/mol. The predicted octanol–water partition coefficient (Wildman–Crippen LogP) is 15.1. The predicted molar refractivity (Wildman–Crippen MR) is 254 cm³/mol. The van der Waals surface area contributed by atoms with Crippen molar-refractivity contribution in [2.24, 2.45) is 0 Å². The molecule has 0 aliphatic carbocycles. The largest absolute Gasteiger partial charge is 0.488 e. The molecule has 1 amide bonds. The maximum absolute atomic E-state index is 13.5. The number of rotatable bonds is 44. The third-order valence-corrected chi connectivity index (χ3v) is 12.1. The lowest BCUT2D eigenvalue weighted by Gasteiger charge is -2.23. The fourth-order valence-corrected chi connectivity index (χ4v) is 8.02. The quantitative estimate of drug-likeness (QED) is 0.0525. The van der Waals surface area contributed by atoms with Crippen LogP contribution in [-0.4, -0.2) is 62.3 Å². The van der Waals surface area contributed by atoms with Crippen LogP contribution in [0.5, 0.6) is 5.75 Å². The molecule has 0 aliphatic heterocycles. The van der Waals surface area contributed by atoms with Crippen molar-refractivity contribution in [1.29, 1.82) is 0 Å². The number of carbonyl (C=O) groups excluding carboxylic acids is 3. The SMILES string of the molecule is CCCCCCCCCCCCCCCCCCC(=O)CCC(NC(=O)c1ccc(OCC[N+](C)(C)C)cc1)C(=O)CCCCCCCCCCCCCCCCCC. The van der Waals surface area contributed by atoms with Crippen molar-refractivity contribution < 1.29 is 23.6 Å². The number of quaternary nitrogens is 1. The third-order valence-electron chi connectivity index (χ3n) is 12.1. The first kappa shape index (κ1) is 54.8. The molecule has 0 saturated heterocycles. The number of likely N-dealkylation sites (N-methyl/N-ethyl adjacent to an activating group) is 1. The van der Waals surface area contributed by atoms with Crippen molar-refractivity contribution in [3.63, 3.8) is 0 Å². The highest BCUT2D eigenvalue weighted by atomic mass is 16.5. The number of Topliss-reactive ketones (excluding diaryl/α,β-unsaturated/α-hetero) is 2. The van der Waals surface area contributed by atoms with Crippen molar-refractivity contribution in [1.82, 2.24) is 5.32 Å². The fourth-order valence-electron chi connectivity index (χ4n) is 8.02. The second kappa shape index (κ2) is 38.7. The lowest BCUT2D eigenvalue weighted by molar-refractivity contribution is -0.870. The maximum atomic E-state index is 13.5. The average Bonchev–Trinajstić information content (AvgIpc) is 3.21. The first-order valence-electron chi connectivity index (χ1n) is 25.5. The van der Waals surface area contributed by atoms with Crippen molar-refractivity contribution in [3.8, 4) is 5.75 Å². The number of amides is 1. The summed E-state index contributed by atoms with van der Waals surface area (Å²) in [6.45, 7) is 6.03. The van der Waals surface area contributed by atoms with Crippen LogP contribution in [0, 0.1) is 0 Å². The first-order valence-corrected chi connectivity index (χ1v) is 25.5. The standard InChI is InChI=1S/C53H96N2O4/c1-6-8-10-12-14-16-18-20-22-24-26-28-30-32-34-36-38-49(56)42-45-51(54-53(58)48-40-43-50(44-41-48)59-47-46-55(3,4)5)52(57)39-37-35-33-31-29-27-25-23-21-19-17-15-13-11-9-7-2/h40-41,43-44,51H,6-39,42,45-47H2,1-5H3/p+1. The van der Waals surface area contributed by atoms with E-state index in [9.17, 15) is 14.4 Å². The molecule has 1 aromatic rings.